The number of nitrogens with one attached hydrogen (secondary N) is 1. The number of hydrogen-bond acceptors (Lipinski definition) is 2. The Morgan fingerprint density at radius 3 is 2.73 bits per heavy atom. The number of rotatable bonds is 1. The van der Waals surface area contributed by atoms with Crippen LogP contribution in [0, 0.1) is 11.3 Å². The fraction of sp³-hybridized carbons (Fsp3) is 1.00. The smallest absolute Gasteiger partial charge is 0.0570 e. The SMILES string of the molecule is CC1CCNC(S)C1(C)CCl. The molecule has 0 amide bonds. The van der Waals surface area contributed by atoms with E-state index in [0.29, 0.717) is 11.8 Å². The molecule has 1 N–H and O–H groups in total. The van der Waals surface area contributed by atoms with Crippen molar-refractivity contribution in [3.8, 4) is 0 Å². The molecule has 66 valence electrons. The Morgan fingerprint density at radius 1 is 1.73 bits per heavy atom. The summed E-state index contributed by atoms with van der Waals surface area (Å²) in [5, 5.41) is 3.59. The Balaban J connectivity index is 2.69. The highest BCUT2D eigenvalue weighted by Gasteiger charge is 2.39. The van der Waals surface area contributed by atoms with Gasteiger partial charge >= 0.3 is 0 Å². The van der Waals surface area contributed by atoms with Crippen molar-refractivity contribution in [3.63, 3.8) is 0 Å². The number of alkyl halides is 1. The van der Waals surface area contributed by atoms with Crippen LogP contribution in [0.2, 0.25) is 0 Å². The third-order valence-corrected chi connectivity index (χ3v) is 4.30. The quantitative estimate of drug-likeness (QED) is 0.480. The summed E-state index contributed by atoms with van der Waals surface area (Å²) in [6.07, 6.45) is 1.21. The highest BCUT2D eigenvalue weighted by atomic mass is 35.5. The third kappa shape index (κ3) is 1.68. The van der Waals surface area contributed by atoms with Crippen LogP contribution in [0.25, 0.3) is 0 Å². The minimum atomic E-state index is 0.156. The summed E-state index contributed by atoms with van der Waals surface area (Å²) < 4.78 is 0. The Labute approximate surface area is 79.3 Å². The van der Waals surface area contributed by atoms with Gasteiger partial charge in [-0.3, -0.25) is 0 Å². The van der Waals surface area contributed by atoms with Gasteiger partial charge < -0.3 is 5.32 Å². The third-order valence-electron chi connectivity index (χ3n) is 2.95. The van der Waals surface area contributed by atoms with E-state index in [1.807, 2.05) is 0 Å². The van der Waals surface area contributed by atoms with E-state index >= 15 is 0 Å². The van der Waals surface area contributed by atoms with Gasteiger partial charge in [-0.05, 0) is 18.9 Å². The Kier molecular flexibility index (Phi) is 3.12. The maximum absolute atomic E-state index is 5.92. The molecule has 1 nitrogen and oxygen atoms in total. The molecule has 1 aliphatic heterocycles. The molecular weight excluding hydrogens is 178 g/mol. The average molecular weight is 194 g/mol. The van der Waals surface area contributed by atoms with E-state index in [1.165, 1.54) is 6.42 Å². The van der Waals surface area contributed by atoms with Gasteiger partial charge in [-0.1, -0.05) is 13.8 Å². The van der Waals surface area contributed by atoms with Crippen molar-refractivity contribution in [2.24, 2.45) is 11.3 Å². The van der Waals surface area contributed by atoms with Crippen molar-refractivity contribution in [3.05, 3.63) is 0 Å². The van der Waals surface area contributed by atoms with Crippen LogP contribution < -0.4 is 5.32 Å². The first-order chi connectivity index (χ1) is 5.11. The monoisotopic (exact) mass is 193 g/mol. The fourth-order valence-corrected chi connectivity index (χ4v) is 2.47. The van der Waals surface area contributed by atoms with Crippen LogP contribution in [0.4, 0.5) is 0 Å². The number of halogens is 1. The molecule has 0 aromatic heterocycles. The fourth-order valence-electron chi connectivity index (χ4n) is 1.47. The first kappa shape index (κ1) is 9.69. The van der Waals surface area contributed by atoms with Gasteiger partial charge in [0.15, 0.2) is 0 Å². The lowest BCUT2D eigenvalue weighted by atomic mass is 9.75. The first-order valence-electron chi connectivity index (χ1n) is 4.08. The first-order valence-corrected chi connectivity index (χ1v) is 5.14. The van der Waals surface area contributed by atoms with Crippen molar-refractivity contribution < 1.29 is 0 Å². The molecule has 0 radical (unpaired) electrons. The lowest BCUT2D eigenvalue weighted by Gasteiger charge is -2.43. The van der Waals surface area contributed by atoms with Gasteiger partial charge in [0.05, 0.1) is 5.37 Å². The molecule has 0 spiro atoms. The van der Waals surface area contributed by atoms with Crippen LogP contribution in [0.1, 0.15) is 20.3 Å². The highest BCUT2D eigenvalue weighted by Crippen LogP contribution is 2.38. The van der Waals surface area contributed by atoms with E-state index in [1.54, 1.807) is 0 Å². The van der Waals surface area contributed by atoms with Crippen LogP contribution in [0.15, 0.2) is 0 Å². The molecule has 0 bridgehead atoms. The van der Waals surface area contributed by atoms with E-state index in [9.17, 15) is 0 Å². The lowest BCUT2D eigenvalue weighted by molar-refractivity contribution is 0.159. The maximum atomic E-state index is 5.92. The molecular formula is C8H16ClNS. The standard InChI is InChI=1S/C8H16ClNS/c1-6-3-4-10-7(11)8(6,2)5-9/h6-7,10-11H,3-5H2,1-2H3. The van der Waals surface area contributed by atoms with Gasteiger partial charge in [0, 0.05) is 11.3 Å². The molecule has 0 aromatic rings. The molecule has 3 atom stereocenters. The summed E-state index contributed by atoms with van der Waals surface area (Å²) in [6.45, 7) is 5.53. The van der Waals surface area contributed by atoms with E-state index < -0.39 is 0 Å². The van der Waals surface area contributed by atoms with E-state index in [0.717, 1.165) is 6.54 Å². The summed E-state index contributed by atoms with van der Waals surface area (Å²) in [5.41, 5.74) is 0.156. The summed E-state index contributed by atoms with van der Waals surface area (Å²) in [4.78, 5) is 0. The van der Waals surface area contributed by atoms with Crippen LogP contribution >= 0.6 is 24.2 Å². The van der Waals surface area contributed by atoms with Gasteiger partial charge in [-0.2, -0.15) is 12.6 Å². The maximum Gasteiger partial charge on any atom is 0.0570 e. The molecule has 1 heterocycles. The van der Waals surface area contributed by atoms with Crippen LogP contribution in [0.5, 0.6) is 0 Å². The van der Waals surface area contributed by atoms with Gasteiger partial charge in [-0.15, -0.1) is 11.6 Å². The minimum absolute atomic E-state index is 0.156. The van der Waals surface area contributed by atoms with Gasteiger partial charge in [0.2, 0.25) is 0 Å². The van der Waals surface area contributed by atoms with E-state index in [-0.39, 0.29) is 10.8 Å². The highest BCUT2D eigenvalue weighted by molar-refractivity contribution is 7.81. The topological polar surface area (TPSA) is 12.0 Å². The normalized spacial score (nSPS) is 45.8. The predicted molar refractivity (Wildman–Crippen MR) is 53.4 cm³/mol. The van der Waals surface area contributed by atoms with E-state index in [2.05, 4.69) is 31.8 Å². The summed E-state index contributed by atoms with van der Waals surface area (Å²) >= 11 is 10.4. The molecule has 0 saturated carbocycles. The second kappa shape index (κ2) is 3.55. The number of piperidine rings is 1. The average Bonchev–Trinajstić information content (AvgIpc) is 2.00. The van der Waals surface area contributed by atoms with Crippen molar-refractivity contribution in [1.82, 2.24) is 5.32 Å². The Hall–Kier alpha value is 0.600. The van der Waals surface area contributed by atoms with Crippen molar-refractivity contribution in [1.29, 1.82) is 0 Å². The summed E-state index contributed by atoms with van der Waals surface area (Å²) in [7, 11) is 0. The van der Waals surface area contributed by atoms with Crippen molar-refractivity contribution in [2.75, 3.05) is 12.4 Å². The van der Waals surface area contributed by atoms with E-state index in [4.69, 9.17) is 11.6 Å². The molecule has 1 fully saturated rings. The molecule has 1 aliphatic rings. The summed E-state index contributed by atoms with van der Waals surface area (Å²) in [6, 6.07) is 0. The molecule has 1 rings (SSSR count). The minimum Gasteiger partial charge on any atom is -0.305 e. The second-order valence-corrected chi connectivity index (χ2v) is 4.47. The molecule has 0 aliphatic carbocycles. The zero-order valence-electron chi connectivity index (χ0n) is 7.10. The largest absolute Gasteiger partial charge is 0.305 e. The Bertz CT molecular complexity index is 130. The Morgan fingerprint density at radius 2 is 2.36 bits per heavy atom. The predicted octanol–water partition coefficient (Wildman–Crippen LogP) is 2.12. The lowest BCUT2D eigenvalue weighted by Crippen LogP contribution is -2.50. The molecule has 11 heavy (non-hydrogen) atoms. The van der Waals surface area contributed by atoms with Crippen molar-refractivity contribution in [2.45, 2.75) is 25.6 Å². The number of hydrogen-bond donors (Lipinski definition) is 2. The van der Waals surface area contributed by atoms with Crippen LogP contribution in [-0.2, 0) is 0 Å². The molecule has 1 saturated heterocycles. The summed E-state index contributed by atoms with van der Waals surface area (Å²) in [5.74, 6) is 1.36. The van der Waals surface area contributed by atoms with Gasteiger partial charge in [0.1, 0.15) is 0 Å². The van der Waals surface area contributed by atoms with Crippen molar-refractivity contribution >= 4 is 24.2 Å². The van der Waals surface area contributed by atoms with Gasteiger partial charge in [0.25, 0.3) is 0 Å². The number of thiol groups is 1. The zero-order chi connectivity index (χ0) is 8.48. The molecule has 0 aromatic carbocycles. The van der Waals surface area contributed by atoms with Crippen LogP contribution in [-0.4, -0.2) is 17.8 Å². The zero-order valence-corrected chi connectivity index (χ0v) is 8.75. The molecule has 3 heteroatoms. The van der Waals surface area contributed by atoms with Gasteiger partial charge in [-0.25, -0.2) is 0 Å². The second-order valence-electron chi connectivity index (χ2n) is 3.69. The van der Waals surface area contributed by atoms with Crippen LogP contribution in [0.3, 0.4) is 0 Å². The molecule has 3 unspecified atom stereocenters.